The first-order valence-electron chi connectivity index (χ1n) is 10.1. The molecule has 0 radical (unpaired) electrons. The topological polar surface area (TPSA) is 24.9 Å². The summed E-state index contributed by atoms with van der Waals surface area (Å²) < 4.78 is 11.5. The first-order valence-corrected chi connectivity index (χ1v) is 10.1. The summed E-state index contributed by atoms with van der Waals surface area (Å²) in [4.78, 5) is 4.94. The van der Waals surface area contributed by atoms with Crippen molar-refractivity contribution in [2.75, 3.05) is 51.3 Å². The molecule has 146 valence electrons. The van der Waals surface area contributed by atoms with Crippen molar-refractivity contribution in [1.29, 1.82) is 0 Å². The Bertz CT molecular complexity index is 904. The van der Waals surface area contributed by atoms with Crippen molar-refractivity contribution in [1.82, 2.24) is 4.90 Å². The van der Waals surface area contributed by atoms with Crippen LogP contribution in [0.5, 0.6) is 11.5 Å². The number of anilines is 1. The highest BCUT2D eigenvalue weighted by atomic mass is 16.5. The molecule has 0 aromatic heterocycles. The number of ether oxygens (including phenoxy) is 2. The molecule has 0 unspecified atom stereocenters. The molecule has 3 aromatic rings. The molecule has 0 atom stereocenters. The van der Waals surface area contributed by atoms with Gasteiger partial charge in [0.2, 0.25) is 0 Å². The largest absolute Gasteiger partial charge is 0.495 e. The third-order valence-corrected chi connectivity index (χ3v) is 5.41. The molecule has 1 saturated heterocycles. The van der Waals surface area contributed by atoms with Crippen molar-refractivity contribution in [2.24, 2.45) is 0 Å². The molecule has 1 fully saturated rings. The lowest BCUT2D eigenvalue weighted by molar-refractivity contribution is 0.224. The lowest BCUT2D eigenvalue weighted by Gasteiger charge is -2.36. The highest BCUT2D eigenvalue weighted by Gasteiger charge is 2.19. The molecule has 0 spiro atoms. The molecule has 1 aliphatic heterocycles. The summed E-state index contributed by atoms with van der Waals surface area (Å²) in [6.45, 7) is 6.05. The zero-order chi connectivity index (χ0) is 19.2. The van der Waals surface area contributed by atoms with Gasteiger partial charge in [0.05, 0.1) is 19.4 Å². The lowest BCUT2D eigenvalue weighted by atomic mass is 10.1. The van der Waals surface area contributed by atoms with Gasteiger partial charge in [-0.2, -0.15) is 0 Å². The molecular formula is C24H28N2O2. The van der Waals surface area contributed by atoms with Crippen LogP contribution in [0, 0.1) is 0 Å². The van der Waals surface area contributed by atoms with Gasteiger partial charge < -0.3 is 14.4 Å². The van der Waals surface area contributed by atoms with Crippen LogP contribution < -0.4 is 14.4 Å². The highest BCUT2D eigenvalue weighted by molar-refractivity contribution is 5.83. The van der Waals surface area contributed by atoms with Gasteiger partial charge >= 0.3 is 0 Å². The minimum Gasteiger partial charge on any atom is -0.495 e. The van der Waals surface area contributed by atoms with Crippen molar-refractivity contribution in [3.05, 3.63) is 66.7 Å². The molecule has 0 amide bonds. The van der Waals surface area contributed by atoms with E-state index in [2.05, 4.69) is 64.4 Å². The Hall–Kier alpha value is -2.72. The van der Waals surface area contributed by atoms with Crippen LogP contribution in [0.2, 0.25) is 0 Å². The standard InChI is InChI=1S/C24H28N2O2/c1-27-24-10-5-4-9-23(24)26-16-14-25(15-17-26)13-6-18-28-22-12-11-20-7-2-3-8-21(20)19-22/h2-5,7-12,19H,6,13-18H2,1H3. The fourth-order valence-corrected chi connectivity index (χ4v) is 3.84. The van der Waals surface area contributed by atoms with Gasteiger partial charge in [0, 0.05) is 32.7 Å². The number of methoxy groups -OCH3 is 1. The first kappa shape index (κ1) is 18.6. The Kier molecular flexibility index (Phi) is 5.98. The van der Waals surface area contributed by atoms with E-state index in [0.29, 0.717) is 0 Å². The van der Waals surface area contributed by atoms with Crippen molar-refractivity contribution >= 4 is 16.5 Å². The van der Waals surface area contributed by atoms with Gasteiger partial charge in [0.15, 0.2) is 0 Å². The number of hydrogen-bond donors (Lipinski definition) is 0. The van der Waals surface area contributed by atoms with E-state index in [1.165, 1.54) is 16.5 Å². The van der Waals surface area contributed by atoms with E-state index in [0.717, 1.165) is 57.3 Å². The summed E-state index contributed by atoms with van der Waals surface area (Å²) in [6, 6.07) is 23.0. The number of piperazine rings is 1. The summed E-state index contributed by atoms with van der Waals surface area (Å²) in [5.41, 5.74) is 1.20. The molecule has 0 bridgehead atoms. The molecular weight excluding hydrogens is 348 g/mol. The zero-order valence-corrected chi connectivity index (χ0v) is 16.5. The second-order valence-electron chi connectivity index (χ2n) is 7.21. The highest BCUT2D eigenvalue weighted by Crippen LogP contribution is 2.28. The van der Waals surface area contributed by atoms with Crippen molar-refractivity contribution in [3.8, 4) is 11.5 Å². The smallest absolute Gasteiger partial charge is 0.142 e. The number of hydrogen-bond acceptors (Lipinski definition) is 4. The van der Waals surface area contributed by atoms with Gasteiger partial charge in [-0.15, -0.1) is 0 Å². The molecule has 4 rings (SSSR count). The Labute approximate surface area is 167 Å². The van der Waals surface area contributed by atoms with E-state index in [1.54, 1.807) is 7.11 Å². The van der Waals surface area contributed by atoms with Gasteiger partial charge in [-0.05, 0) is 41.5 Å². The third kappa shape index (κ3) is 4.39. The quantitative estimate of drug-likeness (QED) is 0.569. The summed E-state index contributed by atoms with van der Waals surface area (Å²) in [5.74, 6) is 1.92. The summed E-state index contributed by atoms with van der Waals surface area (Å²) >= 11 is 0. The molecule has 4 nitrogen and oxygen atoms in total. The maximum atomic E-state index is 5.97. The van der Waals surface area contributed by atoms with Crippen LogP contribution in [0.15, 0.2) is 66.7 Å². The Morgan fingerprint density at radius 2 is 1.57 bits per heavy atom. The van der Waals surface area contributed by atoms with Crippen molar-refractivity contribution in [3.63, 3.8) is 0 Å². The van der Waals surface area contributed by atoms with Crippen LogP contribution in [0.3, 0.4) is 0 Å². The van der Waals surface area contributed by atoms with Crippen LogP contribution in [0.1, 0.15) is 6.42 Å². The number of benzene rings is 3. The Balaban J connectivity index is 1.21. The number of para-hydroxylation sites is 2. The monoisotopic (exact) mass is 376 g/mol. The average molecular weight is 377 g/mol. The van der Waals surface area contributed by atoms with Crippen LogP contribution in [0.25, 0.3) is 10.8 Å². The van der Waals surface area contributed by atoms with Crippen LogP contribution >= 0.6 is 0 Å². The molecule has 0 aliphatic carbocycles. The van der Waals surface area contributed by atoms with E-state index in [1.807, 2.05) is 12.1 Å². The van der Waals surface area contributed by atoms with Crippen molar-refractivity contribution < 1.29 is 9.47 Å². The van der Waals surface area contributed by atoms with Crippen LogP contribution in [0.4, 0.5) is 5.69 Å². The van der Waals surface area contributed by atoms with Gasteiger partial charge in [0.1, 0.15) is 11.5 Å². The summed E-state index contributed by atoms with van der Waals surface area (Å²) in [7, 11) is 1.74. The SMILES string of the molecule is COc1ccccc1N1CCN(CCCOc2ccc3ccccc3c2)CC1. The van der Waals surface area contributed by atoms with Crippen LogP contribution in [-0.2, 0) is 0 Å². The first-order chi connectivity index (χ1) is 13.8. The molecule has 0 N–H and O–H groups in total. The second-order valence-corrected chi connectivity index (χ2v) is 7.21. The number of rotatable bonds is 7. The van der Waals surface area contributed by atoms with E-state index < -0.39 is 0 Å². The predicted molar refractivity (Wildman–Crippen MR) is 116 cm³/mol. The van der Waals surface area contributed by atoms with E-state index in [-0.39, 0.29) is 0 Å². The molecule has 4 heteroatoms. The van der Waals surface area contributed by atoms with E-state index in [9.17, 15) is 0 Å². The van der Waals surface area contributed by atoms with Crippen molar-refractivity contribution in [2.45, 2.75) is 6.42 Å². The third-order valence-electron chi connectivity index (χ3n) is 5.41. The van der Waals surface area contributed by atoms with Gasteiger partial charge in [0.25, 0.3) is 0 Å². The van der Waals surface area contributed by atoms with Gasteiger partial charge in [-0.1, -0.05) is 42.5 Å². The van der Waals surface area contributed by atoms with E-state index >= 15 is 0 Å². The zero-order valence-electron chi connectivity index (χ0n) is 16.5. The number of nitrogens with zero attached hydrogens (tertiary/aromatic N) is 2. The predicted octanol–water partition coefficient (Wildman–Crippen LogP) is 4.44. The molecule has 0 saturated carbocycles. The average Bonchev–Trinajstić information content (AvgIpc) is 2.77. The molecule has 1 aliphatic rings. The van der Waals surface area contributed by atoms with E-state index in [4.69, 9.17) is 9.47 Å². The van der Waals surface area contributed by atoms with Gasteiger partial charge in [-0.25, -0.2) is 0 Å². The minimum atomic E-state index is 0.755. The molecule has 28 heavy (non-hydrogen) atoms. The van der Waals surface area contributed by atoms with Crippen LogP contribution in [-0.4, -0.2) is 51.3 Å². The maximum absolute atomic E-state index is 5.97. The summed E-state index contributed by atoms with van der Waals surface area (Å²) in [5, 5.41) is 2.48. The summed E-state index contributed by atoms with van der Waals surface area (Å²) in [6.07, 6.45) is 1.04. The maximum Gasteiger partial charge on any atom is 0.142 e. The Morgan fingerprint density at radius 1 is 0.821 bits per heavy atom. The normalized spacial score (nSPS) is 15.0. The lowest BCUT2D eigenvalue weighted by Crippen LogP contribution is -2.46. The second kappa shape index (κ2) is 8.98. The fourth-order valence-electron chi connectivity index (χ4n) is 3.84. The number of fused-ring (bicyclic) bond motifs is 1. The molecule has 3 aromatic carbocycles. The minimum absolute atomic E-state index is 0.755. The Morgan fingerprint density at radius 3 is 2.39 bits per heavy atom. The fraction of sp³-hybridized carbons (Fsp3) is 0.333. The molecule has 1 heterocycles. The van der Waals surface area contributed by atoms with Gasteiger partial charge in [-0.3, -0.25) is 4.90 Å².